The van der Waals surface area contributed by atoms with Crippen LogP contribution in [-0.2, 0) is 14.8 Å². The Hall–Kier alpha value is -1.18. The molecular formula is C13H16ClFN2O3S. The fraction of sp³-hybridized carbons (Fsp3) is 0.462. The Labute approximate surface area is 127 Å². The lowest BCUT2D eigenvalue weighted by Gasteiger charge is -2.41. The van der Waals surface area contributed by atoms with Crippen LogP contribution in [0.25, 0.3) is 0 Å². The van der Waals surface area contributed by atoms with Gasteiger partial charge in [-0.15, -0.1) is 0 Å². The standard InChI is InChI=1S/C13H16ClFN2O3S/c1-13(12(16)18)7-2-3-8-17(13)21(19,20)11-9(14)5-4-6-10(11)15/h4-6H,2-3,7-8H2,1H3,(H2,16,18)/t13-/m1/s1. The van der Waals surface area contributed by atoms with Gasteiger partial charge in [-0.2, -0.15) is 4.31 Å². The highest BCUT2D eigenvalue weighted by Crippen LogP contribution is 2.36. The molecule has 0 spiro atoms. The summed E-state index contributed by atoms with van der Waals surface area (Å²) in [5.74, 6) is -1.70. The zero-order chi connectivity index (χ0) is 15.8. The second-order valence-corrected chi connectivity index (χ2v) is 7.43. The van der Waals surface area contributed by atoms with E-state index < -0.39 is 32.2 Å². The summed E-state index contributed by atoms with van der Waals surface area (Å²) in [4.78, 5) is 11.1. The van der Waals surface area contributed by atoms with Gasteiger partial charge >= 0.3 is 0 Å². The summed E-state index contributed by atoms with van der Waals surface area (Å²) >= 11 is 5.84. The molecule has 2 N–H and O–H groups in total. The van der Waals surface area contributed by atoms with Gasteiger partial charge in [0, 0.05) is 6.54 Å². The molecule has 0 radical (unpaired) electrons. The zero-order valence-corrected chi connectivity index (χ0v) is 13.0. The van der Waals surface area contributed by atoms with Crippen molar-refractivity contribution in [3.8, 4) is 0 Å². The van der Waals surface area contributed by atoms with Crippen molar-refractivity contribution in [1.29, 1.82) is 0 Å². The Kier molecular flexibility index (Phi) is 4.28. The van der Waals surface area contributed by atoms with E-state index in [9.17, 15) is 17.6 Å². The first-order valence-corrected chi connectivity index (χ1v) is 8.30. The molecule has 0 unspecified atom stereocenters. The fourth-order valence-corrected chi connectivity index (χ4v) is 4.95. The predicted molar refractivity (Wildman–Crippen MR) is 76.8 cm³/mol. The molecule has 1 heterocycles. The maximum Gasteiger partial charge on any atom is 0.248 e. The van der Waals surface area contributed by atoms with Crippen molar-refractivity contribution in [1.82, 2.24) is 4.31 Å². The van der Waals surface area contributed by atoms with Crippen LogP contribution in [0.2, 0.25) is 5.02 Å². The summed E-state index contributed by atoms with van der Waals surface area (Å²) < 4.78 is 40.4. The third-order valence-corrected chi connectivity index (χ3v) is 6.35. The van der Waals surface area contributed by atoms with E-state index in [1.165, 1.54) is 19.1 Å². The van der Waals surface area contributed by atoms with E-state index in [1.54, 1.807) is 0 Å². The van der Waals surface area contributed by atoms with Crippen molar-refractivity contribution >= 4 is 27.5 Å². The lowest BCUT2D eigenvalue weighted by molar-refractivity contribution is -0.128. The molecule has 0 bridgehead atoms. The largest absolute Gasteiger partial charge is 0.368 e. The summed E-state index contributed by atoms with van der Waals surface area (Å²) in [5.41, 5.74) is 4.00. The quantitative estimate of drug-likeness (QED) is 0.916. The van der Waals surface area contributed by atoms with Crippen LogP contribution >= 0.6 is 11.6 Å². The van der Waals surface area contributed by atoms with Crippen molar-refractivity contribution < 1.29 is 17.6 Å². The highest BCUT2D eigenvalue weighted by Gasteiger charge is 2.47. The summed E-state index contributed by atoms with van der Waals surface area (Å²) in [6.45, 7) is 1.56. The molecule has 1 aromatic carbocycles. The van der Waals surface area contributed by atoms with Crippen LogP contribution in [0.15, 0.2) is 23.1 Å². The number of piperidine rings is 1. The summed E-state index contributed by atoms with van der Waals surface area (Å²) in [6.07, 6.45) is 1.55. The van der Waals surface area contributed by atoms with Crippen LogP contribution in [0, 0.1) is 5.82 Å². The van der Waals surface area contributed by atoms with Crippen LogP contribution in [-0.4, -0.2) is 30.7 Å². The third kappa shape index (κ3) is 2.65. The molecule has 8 heteroatoms. The first kappa shape index (κ1) is 16.2. The highest BCUT2D eigenvalue weighted by molar-refractivity contribution is 7.89. The molecule has 5 nitrogen and oxygen atoms in total. The van der Waals surface area contributed by atoms with Gasteiger partial charge in [-0.25, -0.2) is 12.8 Å². The third-order valence-electron chi connectivity index (χ3n) is 3.82. The summed E-state index contributed by atoms with van der Waals surface area (Å²) in [6, 6.07) is 3.63. The Morgan fingerprint density at radius 3 is 2.67 bits per heavy atom. The number of sulfonamides is 1. The number of nitrogens with zero attached hydrogens (tertiary/aromatic N) is 1. The molecule has 0 saturated carbocycles. The normalized spacial score (nSPS) is 24.0. The molecule has 21 heavy (non-hydrogen) atoms. The SMILES string of the molecule is C[C@]1(C(N)=O)CCCCN1S(=O)(=O)c1c(F)cccc1Cl. The Morgan fingerprint density at radius 2 is 2.10 bits per heavy atom. The number of carbonyl (C=O) groups is 1. The molecule has 1 amide bonds. The Bertz CT molecular complexity index is 660. The average molecular weight is 335 g/mol. The molecule has 1 aromatic rings. The maximum absolute atomic E-state index is 13.9. The van der Waals surface area contributed by atoms with E-state index >= 15 is 0 Å². The van der Waals surface area contributed by atoms with Crippen molar-refractivity contribution in [3.05, 3.63) is 29.0 Å². The maximum atomic E-state index is 13.9. The number of nitrogens with two attached hydrogens (primary N) is 1. The number of carbonyl (C=O) groups excluding carboxylic acids is 1. The molecular weight excluding hydrogens is 319 g/mol. The highest BCUT2D eigenvalue weighted by atomic mass is 35.5. The number of amides is 1. The van der Waals surface area contributed by atoms with Crippen LogP contribution in [0.3, 0.4) is 0 Å². The molecule has 0 aliphatic carbocycles. The van der Waals surface area contributed by atoms with Crippen LogP contribution in [0.4, 0.5) is 4.39 Å². The van der Waals surface area contributed by atoms with E-state index in [0.29, 0.717) is 19.3 Å². The van der Waals surface area contributed by atoms with Crippen LogP contribution < -0.4 is 5.73 Å². The molecule has 1 fully saturated rings. The number of rotatable bonds is 3. The van der Waals surface area contributed by atoms with Crippen molar-refractivity contribution in [3.63, 3.8) is 0 Å². The predicted octanol–water partition coefficient (Wildman–Crippen LogP) is 1.90. The van der Waals surface area contributed by atoms with E-state index in [0.717, 1.165) is 10.4 Å². The van der Waals surface area contributed by atoms with E-state index in [4.69, 9.17) is 17.3 Å². The van der Waals surface area contributed by atoms with Gasteiger partial charge in [-0.05, 0) is 38.3 Å². The van der Waals surface area contributed by atoms with Gasteiger partial charge < -0.3 is 5.73 Å². The number of halogens is 2. The lowest BCUT2D eigenvalue weighted by Crippen LogP contribution is -2.59. The molecule has 116 valence electrons. The van der Waals surface area contributed by atoms with Gasteiger partial charge in [0.1, 0.15) is 16.3 Å². The Balaban J connectivity index is 2.59. The molecule has 1 aliphatic heterocycles. The number of hydrogen-bond acceptors (Lipinski definition) is 3. The number of benzene rings is 1. The van der Waals surface area contributed by atoms with Crippen LogP contribution in [0.5, 0.6) is 0 Å². The second kappa shape index (κ2) is 5.55. The molecule has 1 aliphatic rings. The van der Waals surface area contributed by atoms with E-state index in [1.807, 2.05) is 0 Å². The van der Waals surface area contributed by atoms with Crippen molar-refractivity contribution in [2.45, 2.75) is 36.6 Å². The first-order valence-electron chi connectivity index (χ1n) is 6.48. The minimum atomic E-state index is -4.25. The molecule has 1 atom stereocenters. The van der Waals surface area contributed by atoms with E-state index in [2.05, 4.69) is 0 Å². The van der Waals surface area contributed by atoms with Gasteiger partial charge in [0.15, 0.2) is 0 Å². The summed E-state index contributed by atoms with van der Waals surface area (Å²) in [5, 5.41) is -0.215. The van der Waals surface area contributed by atoms with E-state index in [-0.39, 0.29) is 11.6 Å². The average Bonchev–Trinajstić information content (AvgIpc) is 2.38. The van der Waals surface area contributed by atoms with Crippen molar-refractivity contribution in [2.24, 2.45) is 5.73 Å². The lowest BCUT2D eigenvalue weighted by atomic mass is 9.90. The number of hydrogen-bond donors (Lipinski definition) is 1. The zero-order valence-electron chi connectivity index (χ0n) is 11.5. The fourth-order valence-electron chi connectivity index (χ4n) is 2.57. The van der Waals surface area contributed by atoms with Crippen LogP contribution in [0.1, 0.15) is 26.2 Å². The van der Waals surface area contributed by atoms with Gasteiger partial charge in [0.25, 0.3) is 0 Å². The van der Waals surface area contributed by atoms with Gasteiger partial charge in [0.05, 0.1) is 5.02 Å². The van der Waals surface area contributed by atoms with Crippen molar-refractivity contribution in [2.75, 3.05) is 6.54 Å². The Morgan fingerprint density at radius 1 is 1.43 bits per heavy atom. The topological polar surface area (TPSA) is 80.5 Å². The minimum Gasteiger partial charge on any atom is -0.368 e. The first-order chi connectivity index (χ1) is 9.71. The smallest absolute Gasteiger partial charge is 0.248 e. The minimum absolute atomic E-state index is 0.104. The molecule has 2 rings (SSSR count). The van der Waals surface area contributed by atoms with Gasteiger partial charge in [-0.1, -0.05) is 17.7 Å². The monoisotopic (exact) mass is 334 g/mol. The second-order valence-electron chi connectivity index (χ2n) is 5.22. The molecule has 1 saturated heterocycles. The van der Waals surface area contributed by atoms with Gasteiger partial charge in [0.2, 0.25) is 15.9 Å². The number of primary amides is 1. The summed E-state index contributed by atoms with van der Waals surface area (Å²) in [7, 11) is -4.25. The van der Waals surface area contributed by atoms with Gasteiger partial charge in [-0.3, -0.25) is 4.79 Å². The molecule has 0 aromatic heterocycles.